The standard InChI is InChI=1S/C23H23FN4O3S.C22H21FN4O.CH3ClO2S/c1-26-13-18(12-25-26)16-7-8-17(20(24)11-16)14-28-21-6-4-3-5-19(21)23(22(28)29)9-10-27(15-23)32(2,30)31;1-26-12-17(11-25-26)15-6-7-16(19(23)10-15)13-27-20-5-3-2-4-18(20)22(21(27)28)8-9-24-14-22;1-5(2,3)4/h3-8,11-13H,9-10,14-15H2,1-2H3;2-7,10-12,24H,8-9,13-14H2,1H3;1H3. The van der Waals surface area contributed by atoms with E-state index in [0.717, 1.165) is 59.0 Å². The van der Waals surface area contributed by atoms with Crippen LogP contribution in [0.1, 0.15) is 35.1 Å². The lowest BCUT2D eigenvalue weighted by Gasteiger charge is -2.24. The van der Waals surface area contributed by atoms with Crippen LogP contribution in [-0.4, -0.2) is 91.2 Å². The molecule has 340 valence electrons. The van der Waals surface area contributed by atoms with Crippen LogP contribution in [0.4, 0.5) is 20.2 Å². The van der Waals surface area contributed by atoms with Gasteiger partial charge in [-0.25, -0.2) is 29.9 Å². The van der Waals surface area contributed by atoms with Crippen LogP contribution in [0.2, 0.25) is 0 Å². The number of carbonyl (C=O) groups is 2. The molecule has 0 radical (unpaired) electrons. The Bertz CT molecular complexity index is 3040. The molecule has 65 heavy (non-hydrogen) atoms. The number of nitrogens with one attached hydrogen (secondary N) is 1. The van der Waals surface area contributed by atoms with Crippen molar-refractivity contribution in [1.29, 1.82) is 0 Å². The maximum atomic E-state index is 15.0. The summed E-state index contributed by atoms with van der Waals surface area (Å²) in [7, 11) is 1.53. The maximum Gasteiger partial charge on any atom is 0.239 e. The molecule has 19 heteroatoms. The van der Waals surface area contributed by atoms with E-state index >= 15 is 4.39 Å². The van der Waals surface area contributed by atoms with Crippen molar-refractivity contribution >= 4 is 52.9 Å². The van der Waals surface area contributed by atoms with Gasteiger partial charge in [0, 0.05) is 90.4 Å². The molecule has 4 aliphatic rings. The second kappa shape index (κ2) is 17.5. The summed E-state index contributed by atoms with van der Waals surface area (Å²) in [6, 6.07) is 25.4. The number of carbonyl (C=O) groups excluding carboxylic acids is 2. The first-order valence-corrected chi connectivity index (χ1v) is 25.3. The first-order chi connectivity index (χ1) is 30.8. The number of para-hydroxylation sites is 2. The van der Waals surface area contributed by atoms with E-state index in [1.807, 2.05) is 80.1 Å². The van der Waals surface area contributed by atoms with E-state index in [0.29, 0.717) is 41.9 Å². The number of aromatic nitrogens is 4. The molecule has 0 bridgehead atoms. The third kappa shape index (κ3) is 9.09. The van der Waals surface area contributed by atoms with Crippen molar-refractivity contribution in [1.82, 2.24) is 29.2 Å². The van der Waals surface area contributed by atoms with Crippen LogP contribution in [0.15, 0.2) is 110 Å². The number of hydrogen-bond acceptors (Lipinski definition) is 9. The van der Waals surface area contributed by atoms with Crippen molar-refractivity contribution in [3.05, 3.63) is 144 Å². The molecule has 10 rings (SSSR count). The second-order valence-corrected chi connectivity index (χ2v) is 21.9. The quantitative estimate of drug-likeness (QED) is 0.194. The largest absolute Gasteiger partial charge is 0.315 e. The molecule has 0 aliphatic carbocycles. The monoisotopic (exact) mass is 944 g/mol. The van der Waals surface area contributed by atoms with Crippen molar-refractivity contribution in [2.24, 2.45) is 14.1 Å². The Kier molecular flexibility index (Phi) is 12.4. The number of benzene rings is 4. The van der Waals surface area contributed by atoms with Crippen LogP contribution in [0.3, 0.4) is 0 Å². The van der Waals surface area contributed by atoms with E-state index in [9.17, 15) is 30.8 Å². The molecular weight excluding hydrogens is 898 g/mol. The molecule has 6 heterocycles. The van der Waals surface area contributed by atoms with E-state index in [-0.39, 0.29) is 37.3 Å². The van der Waals surface area contributed by atoms with Crippen LogP contribution in [0.5, 0.6) is 0 Å². The Hall–Kier alpha value is -5.79. The fraction of sp³-hybridized carbons (Fsp3) is 0.304. The first-order valence-electron chi connectivity index (χ1n) is 20.7. The van der Waals surface area contributed by atoms with E-state index in [4.69, 9.17) is 0 Å². The number of rotatable bonds is 7. The highest BCUT2D eigenvalue weighted by Gasteiger charge is 2.56. The average molecular weight is 946 g/mol. The summed E-state index contributed by atoms with van der Waals surface area (Å²) in [4.78, 5) is 30.3. The van der Waals surface area contributed by atoms with Gasteiger partial charge in [0.1, 0.15) is 11.6 Å². The van der Waals surface area contributed by atoms with Crippen molar-refractivity contribution in [2.75, 3.05) is 48.5 Å². The highest BCUT2D eigenvalue weighted by Crippen LogP contribution is 2.49. The lowest BCUT2D eigenvalue weighted by molar-refractivity contribution is -0.123. The van der Waals surface area contributed by atoms with Crippen LogP contribution >= 0.6 is 10.7 Å². The zero-order chi connectivity index (χ0) is 46.5. The van der Waals surface area contributed by atoms with E-state index < -0.39 is 35.7 Å². The summed E-state index contributed by atoms with van der Waals surface area (Å²) in [5.74, 6) is -0.825. The molecule has 14 nitrogen and oxygen atoms in total. The molecule has 2 aromatic heterocycles. The fourth-order valence-electron chi connectivity index (χ4n) is 9.26. The number of sulfonamides is 1. The molecule has 0 saturated carbocycles. The Morgan fingerprint density at radius 2 is 1.14 bits per heavy atom. The van der Waals surface area contributed by atoms with Crippen molar-refractivity contribution in [3.8, 4) is 22.3 Å². The Morgan fingerprint density at radius 3 is 1.54 bits per heavy atom. The SMILES string of the molecule is CS(=O)(=O)Cl.Cn1cc(-c2ccc(CN3C(=O)C4(CCN(S(C)(=O)=O)C4)c4ccccc43)c(F)c2)cn1.Cn1cc(-c2ccc(CN3C(=O)C4(CCNC4)c4ccccc43)c(F)c2)cn1. The van der Waals surface area contributed by atoms with E-state index in [1.54, 1.807) is 50.7 Å². The first kappa shape index (κ1) is 45.8. The fourth-order valence-corrected chi connectivity index (χ4v) is 10.1. The van der Waals surface area contributed by atoms with Crippen LogP contribution < -0.4 is 15.1 Å². The van der Waals surface area contributed by atoms with Gasteiger partial charge in [-0.05, 0) is 65.9 Å². The summed E-state index contributed by atoms with van der Waals surface area (Å²) < 4.78 is 77.6. The Morgan fingerprint density at radius 1 is 0.677 bits per heavy atom. The normalized spacial score (nSPS) is 20.2. The highest BCUT2D eigenvalue weighted by atomic mass is 35.7. The van der Waals surface area contributed by atoms with Gasteiger partial charge in [-0.3, -0.25) is 19.0 Å². The van der Waals surface area contributed by atoms with Gasteiger partial charge in [0.25, 0.3) is 0 Å². The number of nitrogens with zero attached hydrogens (tertiary/aromatic N) is 7. The molecule has 1 N–H and O–H groups in total. The number of fused-ring (bicyclic) bond motifs is 4. The summed E-state index contributed by atoms with van der Waals surface area (Å²) in [6.45, 7) is 2.18. The minimum Gasteiger partial charge on any atom is -0.315 e. The summed E-state index contributed by atoms with van der Waals surface area (Å²) >= 11 is 0. The van der Waals surface area contributed by atoms with Gasteiger partial charge < -0.3 is 15.1 Å². The van der Waals surface area contributed by atoms with Gasteiger partial charge in [0.05, 0.1) is 48.8 Å². The average Bonchev–Trinajstić information content (AvgIpc) is 4.13. The van der Waals surface area contributed by atoms with E-state index in [2.05, 4.69) is 26.2 Å². The predicted molar refractivity (Wildman–Crippen MR) is 245 cm³/mol. The van der Waals surface area contributed by atoms with Crippen LogP contribution in [-0.2, 0) is 66.7 Å². The topological polar surface area (TPSA) is 160 Å². The van der Waals surface area contributed by atoms with Gasteiger partial charge in [0.2, 0.25) is 30.9 Å². The number of aryl methyl sites for hydroxylation is 2. The Labute approximate surface area is 380 Å². The number of hydrogen-bond donors (Lipinski definition) is 1. The predicted octanol–water partition coefficient (Wildman–Crippen LogP) is 5.87. The zero-order valence-electron chi connectivity index (χ0n) is 36.1. The third-order valence-corrected chi connectivity index (χ3v) is 13.7. The molecular formula is C46H47ClF2N8O6S2. The molecule has 2 atom stereocenters. The number of anilines is 2. The van der Waals surface area contributed by atoms with Gasteiger partial charge >= 0.3 is 0 Å². The molecule has 2 spiro atoms. The van der Waals surface area contributed by atoms with Crippen molar-refractivity contribution in [2.45, 2.75) is 36.8 Å². The summed E-state index contributed by atoms with van der Waals surface area (Å²) in [6.07, 6.45) is 10.3. The highest BCUT2D eigenvalue weighted by molar-refractivity contribution is 8.13. The van der Waals surface area contributed by atoms with Gasteiger partial charge in [-0.15, -0.1) is 0 Å². The van der Waals surface area contributed by atoms with Crippen LogP contribution in [0, 0.1) is 11.6 Å². The molecule has 2 unspecified atom stereocenters. The van der Waals surface area contributed by atoms with E-state index in [1.165, 1.54) is 16.4 Å². The molecule has 2 fully saturated rings. The van der Waals surface area contributed by atoms with Gasteiger partial charge in [0.15, 0.2) is 0 Å². The Balaban J connectivity index is 0.000000162. The van der Waals surface area contributed by atoms with Crippen LogP contribution in [0.25, 0.3) is 22.3 Å². The lowest BCUT2D eigenvalue weighted by Crippen LogP contribution is -2.43. The lowest BCUT2D eigenvalue weighted by atomic mass is 9.81. The smallest absolute Gasteiger partial charge is 0.239 e. The number of amides is 2. The molecule has 6 aromatic rings. The summed E-state index contributed by atoms with van der Waals surface area (Å²) in [5.41, 5.74) is 6.11. The molecule has 4 aromatic carbocycles. The molecule has 2 saturated heterocycles. The van der Waals surface area contributed by atoms with Crippen molar-refractivity contribution in [3.63, 3.8) is 0 Å². The minimum atomic E-state index is -3.41. The zero-order valence-corrected chi connectivity index (χ0v) is 38.5. The summed E-state index contributed by atoms with van der Waals surface area (Å²) in [5, 5.41) is 11.6. The van der Waals surface area contributed by atoms with Gasteiger partial charge in [-0.2, -0.15) is 10.2 Å². The van der Waals surface area contributed by atoms with Crippen molar-refractivity contribution < 1.29 is 35.2 Å². The minimum absolute atomic E-state index is 0.0643. The maximum absolute atomic E-state index is 15.0. The molecule has 2 amide bonds. The number of halogens is 3. The second-order valence-electron chi connectivity index (χ2n) is 16.9. The third-order valence-electron chi connectivity index (χ3n) is 12.4. The molecule has 4 aliphatic heterocycles. The van der Waals surface area contributed by atoms with Gasteiger partial charge in [-0.1, -0.05) is 60.7 Å².